The van der Waals surface area contributed by atoms with E-state index in [0.717, 1.165) is 18.5 Å². The quantitative estimate of drug-likeness (QED) is 0.413. The molecule has 0 fully saturated rings. The Bertz CT molecular complexity index is 467. The predicted octanol–water partition coefficient (Wildman–Crippen LogP) is 3.32. The molecule has 1 aromatic rings. The average molecular weight is 431 g/mol. The van der Waals surface area contributed by atoms with Crippen molar-refractivity contribution >= 4 is 29.9 Å². The lowest BCUT2D eigenvalue weighted by atomic mass is 10.2. The number of ether oxygens (including phenoxy) is 1. The fraction of sp³-hybridized carbons (Fsp3) is 0.500. The number of nitrogens with one attached hydrogen (secondary N) is 2. The predicted molar refractivity (Wildman–Crippen MR) is 91.9 cm³/mol. The van der Waals surface area contributed by atoms with Crippen LogP contribution < -0.4 is 15.4 Å². The summed E-state index contributed by atoms with van der Waals surface area (Å²) in [5.74, 6) is 0.849. The molecule has 4 nitrogen and oxygen atoms in total. The minimum absolute atomic E-state index is 0. The number of hydrogen-bond acceptors (Lipinski definition) is 2. The Morgan fingerprint density at radius 3 is 2.59 bits per heavy atom. The van der Waals surface area contributed by atoms with Crippen LogP contribution in [0.5, 0.6) is 5.75 Å². The Kier molecular flexibility index (Phi) is 9.95. The highest BCUT2D eigenvalue weighted by Crippen LogP contribution is 2.19. The molecule has 0 atom stereocenters. The Balaban J connectivity index is 0.00000441. The zero-order valence-electron chi connectivity index (χ0n) is 12.5. The number of guanidine groups is 1. The van der Waals surface area contributed by atoms with E-state index in [-0.39, 0.29) is 29.7 Å². The summed E-state index contributed by atoms with van der Waals surface area (Å²) in [6.45, 7) is 2.01. The molecule has 0 aliphatic heterocycles. The van der Waals surface area contributed by atoms with Crippen LogP contribution in [0.2, 0.25) is 0 Å². The van der Waals surface area contributed by atoms with Gasteiger partial charge in [0.1, 0.15) is 5.75 Å². The van der Waals surface area contributed by atoms with E-state index in [9.17, 15) is 13.2 Å². The summed E-state index contributed by atoms with van der Waals surface area (Å²) in [5.41, 5.74) is 0.814. The van der Waals surface area contributed by atoms with Crippen LogP contribution >= 0.6 is 24.0 Å². The second-order valence-corrected chi connectivity index (χ2v) is 4.40. The summed E-state index contributed by atoms with van der Waals surface area (Å²) in [6, 6.07) is 6.54. The molecule has 2 N–H and O–H groups in total. The number of aliphatic imine (C=N–C) groups is 1. The topological polar surface area (TPSA) is 45.7 Å². The van der Waals surface area contributed by atoms with Crippen molar-refractivity contribution in [2.75, 3.05) is 20.2 Å². The first kappa shape index (κ1) is 20.8. The van der Waals surface area contributed by atoms with Crippen molar-refractivity contribution in [3.05, 3.63) is 29.8 Å². The van der Waals surface area contributed by atoms with Gasteiger partial charge < -0.3 is 15.4 Å². The van der Waals surface area contributed by atoms with E-state index in [0.29, 0.717) is 12.5 Å². The highest BCUT2D eigenvalue weighted by molar-refractivity contribution is 14.0. The summed E-state index contributed by atoms with van der Waals surface area (Å²) in [5, 5.41) is 6.19. The van der Waals surface area contributed by atoms with Crippen LogP contribution in [-0.2, 0) is 6.54 Å². The van der Waals surface area contributed by atoms with Gasteiger partial charge >= 0.3 is 6.18 Å². The van der Waals surface area contributed by atoms with Crippen LogP contribution in [0.1, 0.15) is 18.9 Å². The van der Waals surface area contributed by atoms with Crippen LogP contribution in [0, 0.1) is 0 Å². The molecule has 0 aliphatic carbocycles. The molecule has 0 saturated carbocycles. The van der Waals surface area contributed by atoms with Crippen molar-refractivity contribution in [3.63, 3.8) is 0 Å². The summed E-state index contributed by atoms with van der Waals surface area (Å²) in [6.07, 6.45) is -3.36. The number of benzene rings is 1. The summed E-state index contributed by atoms with van der Waals surface area (Å²) in [7, 11) is 1.66. The molecule has 0 spiro atoms. The standard InChI is InChI=1S/C14H20F3N3O.HI/c1-3-7-19-13(18-2)20-9-11-5-4-6-12(8-11)21-10-14(15,16)17;/h4-6,8H,3,7,9-10H2,1-2H3,(H2,18,19,20);1H. The molecule has 0 amide bonds. The second kappa shape index (κ2) is 10.5. The normalized spacial score (nSPS) is 11.6. The molecule has 1 rings (SSSR count). The number of alkyl halides is 3. The first-order chi connectivity index (χ1) is 9.94. The Labute approximate surface area is 145 Å². The minimum Gasteiger partial charge on any atom is -0.484 e. The molecule has 1 aromatic carbocycles. The number of halogens is 4. The maximum atomic E-state index is 12.1. The van der Waals surface area contributed by atoms with Crippen LogP contribution in [-0.4, -0.2) is 32.3 Å². The molecular formula is C14H21F3IN3O. The lowest BCUT2D eigenvalue weighted by molar-refractivity contribution is -0.153. The van der Waals surface area contributed by atoms with Gasteiger partial charge in [0, 0.05) is 20.1 Å². The van der Waals surface area contributed by atoms with Crippen molar-refractivity contribution in [3.8, 4) is 5.75 Å². The fourth-order valence-corrected chi connectivity index (χ4v) is 1.56. The second-order valence-electron chi connectivity index (χ2n) is 4.40. The Hall–Kier alpha value is -1.19. The lowest BCUT2D eigenvalue weighted by Gasteiger charge is -2.13. The van der Waals surface area contributed by atoms with E-state index in [1.165, 1.54) is 6.07 Å². The summed E-state index contributed by atoms with van der Waals surface area (Å²) in [4.78, 5) is 4.05. The highest BCUT2D eigenvalue weighted by atomic mass is 127. The van der Waals surface area contributed by atoms with E-state index in [2.05, 4.69) is 15.6 Å². The van der Waals surface area contributed by atoms with Gasteiger partial charge in [-0.1, -0.05) is 19.1 Å². The third-order valence-corrected chi connectivity index (χ3v) is 2.53. The third kappa shape index (κ3) is 8.96. The van der Waals surface area contributed by atoms with Gasteiger partial charge in [-0.25, -0.2) is 0 Å². The zero-order valence-corrected chi connectivity index (χ0v) is 14.9. The van der Waals surface area contributed by atoms with Gasteiger partial charge in [0.25, 0.3) is 0 Å². The number of nitrogens with zero attached hydrogens (tertiary/aromatic N) is 1. The van der Waals surface area contributed by atoms with E-state index in [1.807, 2.05) is 6.92 Å². The van der Waals surface area contributed by atoms with Crippen molar-refractivity contribution in [1.82, 2.24) is 10.6 Å². The smallest absolute Gasteiger partial charge is 0.422 e. The monoisotopic (exact) mass is 431 g/mol. The molecule has 8 heteroatoms. The van der Waals surface area contributed by atoms with Gasteiger partial charge in [0.05, 0.1) is 0 Å². The fourth-order valence-electron chi connectivity index (χ4n) is 1.56. The van der Waals surface area contributed by atoms with Crippen LogP contribution in [0.15, 0.2) is 29.3 Å². The van der Waals surface area contributed by atoms with Gasteiger partial charge in [-0.2, -0.15) is 13.2 Å². The van der Waals surface area contributed by atoms with E-state index < -0.39 is 12.8 Å². The molecule has 0 aliphatic rings. The molecule has 0 aromatic heterocycles. The molecule has 0 unspecified atom stereocenters. The average Bonchev–Trinajstić information content (AvgIpc) is 2.45. The third-order valence-electron chi connectivity index (χ3n) is 2.53. The highest BCUT2D eigenvalue weighted by Gasteiger charge is 2.28. The zero-order chi connectivity index (χ0) is 15.7. The molecule has 0 saturated heterocycles. The van der Waals surface area contributed by atoms with E-state index in [1.54, 1.807) is 25.2 Å². The molecule has 0 radical (unpaired) electrons. The molecular weight excluding hydrogens is 410 g/mol. The van der Waals surface area contributed by atoms with Crippen molar-refractivity contribution < 1.29 is 17.9 Å². The van der Waals surface area contributed by atoms with E-state index >= 15 is 0 Å². The molecule has 0 heterocycles. The summed E-state index contributed by atoms with van der Waals surface area (Å²) < 4.78 is 41.0. The maximum absolute atomic E-state index is 12.1. The Morgan fingerprint density at radius 2 is 2.00 bits per heavy atom. The lowest BCUT2D eigenvalue weighted by Crippen LogP contribution is -2.37. The van der Waals surface area contributed by atoms with Crippen molar-refractivity contribution in [2.24, 2.45) is 4.99 Å². The van der Waals surface area contributed by atoms with Gasteiger partial charge in [-0.15, -0.1) is 24.0 Å². The van der Waals surface area contributed by atoms with Crippen molar-refractivity contribution in [1.29, 1.82) is 0 Å². The number of rotatable bonds is 6. The number of hydrogen-bond donors (Lipinski definition) is 2. The van der Waals surface area contributed by atoms with Gasteiger partial charge in [0.15, 0.2) is 12.6 Å². The van der Waals surface area contributed by atoms with Gasteiger partial charge in [-0.05, 0) is 24.1 Å². The van der Waals surface area contributed by atoms with Crippen LogP contribution in [0.4, 0.5) is 13.2 Å². The Morgan fingerprint density at radius 1 is 1.27 bits per heavy atom. The first-order valence-electron chi connectivity index (χ1n) is 6.67. The summed E-state index contributed by atoms with van der Waals surface area (Å²) >= 11 is 0. The molecule has 22 heavy (non-hydrogen) atoms. The molecule has 126 valence electrons. The van der Waals surface area contributed by atoms with Crippen LogP contribution in [0.3, 0.4) is 0 Å². The largest absolute Gasteiger partial charge is 0.484 e. The first-order valence-corrected chi connectivity index (χ1v) is 6.67. The maximum Gasteiger partial charge on any atom is 0.422 e. The SMILES string of the molecule is CCCNC(=NC)NCc1cccc(OCC(F)(F)F)c1.I. The van der Waals surface area contributed by atoms with Gasteiger partial charge in [-0.3, -0.25) is 4.99 Å². The minimum atomic E-state index is -4.33. The molecule has 0 bridgehead atoms. The van der Waals surface area contributed by atoms with E-state index in [4.69, 9.17) is 4.74 Å². The van der Waals surface area contributed by atoms with Crippen LogP contribution in [0.25, 0.3) is 0 Å². The van der Waals surface area contributed by atoms with Crippen molar-refractivity contribution in [2.45, 2.75) is 26.1 Å². The van der Waals surface area contributed by atoms with Gasteiger partial charge in [0.2, 0.25) is 0 Å².